The second-order valence-corrected chi connectivity index (χ2v) is 11.3. The number of β-amino-alcohol motifs (C(OH)–C–C–N with tert-alkyl or cyclic N) is 1. The zero-order valence-corrected chi connectivity index (χ0v) is 19.7. The number of nitrogens with zero attached hydrogens (tertiary/aromatic N) is 1. The molecule has 0 amide bonds. The number of fused-ring (bicyclic) bond motifs is 1. The number of nitrogens with one attached hydrogen (secondary N) is 1. The van der Waals surface area contributed by atoms with Crippen LogP contribution in [0.15, 0.2) is 35.2 Å². The van der Waals surface area contributed by atoms with Gasteiger partial charge in [-0.1, -0.05) is 37.5 Å². The Morgan fingerprint density at radius 2 is 1.80 bits per heavy atom. The van der Waals surface area contributed by atoms with Crippen LogP contribution < -0.4 is 11.1 Å². The van der Waals surface area contributed by atoms with Crippen LogP contribution in [0.2, 0.25) is 0 Å². The van der Waals surface area contributed by atoms with Crippen molar-refractivity contribution >= 4 is 11.8 Å². The van der Waals surface area contributed by atoms with Gasteiger partial charge in [0.1, 0.15) is 6.23 Å². The summed E-state index contributed by atoms with van der Waals surface area (Å²) in [6, 6.07) is 9.91. The number of hydrogen-bond donors (Lipinski definition) is 4. The van der Waals surface area contributed by atoms with Gasteiger partial charge in [-0.3, -0.25) is 10.2 Å². The Balaban J connectivity index is 1.61. The lowest BCUT2D eigenvalue weighted by atomic mass is 9.72. The summed E-state index contributed by atoms with van der Waals surface area (Å²) in [6.07, 6.45) is 4.94. The van der Waals surface area contributed by atoms with Crippen molar-refractivity contribution in [2.75, 3.05) is 18.8 Å². The monoisotopic (exact) mass is 435 g/mol. The van der Waals surface area contributed by atoms with Crippen molar-refractivity contribution in [2.45, 2.75) is 87.7 Å². The molecule has 0 spiro atoms. The summed E-state index contributed by atoms with van der Waals surface area (Å²) in [6.45, 7) is 7.72. The number of benzene rings is 1. The summed E-state index contributed by atoms with van der Waals surface area (Å²) >= 11 is 1.69. The standard InChI is InChI=1S/C24H41N3O2S/c1-24(2,3)26-23(29)21-13-17-9-7-8-10-18(17)14-27(21)15-22(28)20(25)16-30-19-11-5-4-6-12-19/h4-6,11-12,17-18,20-23,26,28-29H,7-10,13-16,25H2,1-3H3/t17-,18+,20-,21-,22+,23?/m0/s1. The SMILES string of the molecule is CC(C)(C)NC(O)[C@@H]1C[C@@H]2CCCC[C@@H]2CN1C[C@@H](O)[C@@H](N)CSc1ccccc1. The highest BCUT2D eigenvalue weighted by Gasteiger charge is 2.41. The molecule has 2 aliphatic rings. The number of thioether (sulfide) groups is 1. The lowest BCUT2D eigenvalue weighted by molar-refractivity contribution is -0.0625. The van der Waals surface area contributed by atoms with Gasteiger partial charge in [0.05, 0.1) is 6.10 Å². The molecule has 1 saturated heterocycles. The molecule has 1 aliphatic heterocycles. The molecule has 5 N–H and O–H groups in total. The third kappa shape index (κ3) is 6.94. The molecule has 1 heterocycles. The molecule has 6 heteroatoms. The second-order valence-electron chi connectivity index (χ2n) is 10.3. The van der Waals surface area contributed by atoms with Crippen LogP contribution in [0.25, 0.3) is 0 Å². The first kappa shape index (κ1) is 24.0. The van der Waals surface area contributed by atoms with Crippen molar-refractivity contribution in [3.05, 3.63) is 30.3 Å². The second kappa shape index (κ2) is 10.8. The number of rotatable bonds is 8. The highest BCUT2D eigenvalue weighted by atomic mass is 32.2. The van der Waals surface area contributed by atoms with Crippen LogP contribution in [-0.4, -0.2) is 63.9 Å². The fourth-order valence-corrected chi connectivity index (χ4v) is 5.96. The normalized spacial score (nSPS) is 28.5. The van der Waals surface area contributed by atoms with Gasteiger partial charge in [-0.05, 0) is 57.6 Å². The van der Waals surface area contributed by atoms with E-state index in [9.17, 15) is 10.2 Å². The van der Waals surface area contributed by atoms with Gasteiger partial charge in [-0.2, -0.15) is 0 Å². The Morgan fingerprint density at radius 3 is 2.47 bits per heavy atom. The van der Waals surface area contributed by atoms with E-state index in [2.05, 4.69) is 43.1 Å². The quantitative estimate of drug-likeness (QED) is 0.371. The molecule has 3 rings (SSSR count). The van der Waals surface area contributed by atoms with Crippen molar-refractivity contribution in [3.63, 3.8) is 0 Å². The lowest BCUT2D eigenvalue weighted by Gasteiger charge is -2.49. The lowest BCUT2D eigenvalue weighted by Crippen LogP contribution is -2.61. The number of likely N-dealkylation sites (tertiary alicyclic amines) is 1. The molecule has 6 atom stereocenters. The predicted octanol–water partition coefficient (Wildman–Crippen LogP) is 3.05. The van der Waals surface area contributed by atoms with Crippen LogP contribution in [-0.2, 0) is 0 Å². The van der Waals surface area contributed by atoms with E-state index in [4.69, 9.17) is 5.73 Å². The average Bonchev–Trinajstić information content (AvgIpc) is 2.71. The largest absolute Gasteiger partial charge is 0.390 e. The first-order valence-electron chi connectivity index (χ1n) is 11.5. The number of nitrogens with two attached hydrogens (primary N) is 1. The van der Waals surface area contributed by atoms with Crippen LogP contribution >= 0.6 is 11.8 Å². The summed E-state index contributed by atoms with van der Waals surface area (Å²) < 4.78 is 0. The van der Waals surface area contributed by atoms with E-state index in [-0.39, 0.29) is 17.6 Å². The zero-order chi connectivity index (χ0) is 21.7. The summed E-state index contributed by atoms with van der Waals surface area (Å²) in [4.78, 5) is 3.49. The maximum Gasteiger partial charge on any atom is 0.121 e. The predicted molar refractivity (Wildman–Crippen MR) is 125 cm³/mol. The molecule has 0 bridgehead atoms. The number of aliphatic hydroxyl groups excluding tert-OH is 2. The van der Waals surface area contributed by atoms with E-state index in [1.165, 1.54) is 30.6 Å². The Bertz CT molecular complexity index is 639. The van der Waals surface area contributed by atoms with E-state index in [1.807, 2.05) is 18.2 Å². The van der Waals surface area contributed by atoms with Gasteiger partial charge in [0.25, 0.3) is 0 Å². The Hall–Kier alpha value is -0.630. The molecule has 1 saturated carbocycles. The van der Waals surface area contributed by atoms with Gasteiger partial charge in [0, 0.05) is 41.4 Å². The first-order chi connectivity index (χ1) is 14.2. The highest BCUT2D eigenvalue weighted by molar-refractivity contribution is 7.99. The topological polar surface area (TPSA) is 81.8 Å². The number of aliphatic hydroxyl groups is 2. The molecule has 170 valence electrons. The minimum Gasteiger partial charge on any atom is -0.390 e. The molecule has 2 fully saturated rings. The summed E-state index contributed by atoms with van der Waals surface area (Å²) in [7, 11) is 0. The van der Waals surface area contributed by atoms with Crippen molar-refractivity contribution in [2.24, 2.45) is 17.6 Å². The maximum atomic E-state index is 11.0. The molecule has 5 nitrogen and oxygen atoms in total. The fraction of sp³-hybridized carbons (Fsp3) is 0.750. The summed E-state index contributed by atoms with van der Waals surface area (Å²) in [5, 5.41) is 25.3. The van der Waals surface area contributed by atoms with Crippen molar-refractivity contribution < 1.29 is 10.2 Å². The van der Waals surface area contributed by atoms with Gasteiger partial charge in [-0.15, -0.1) is 11.8 Å². The maximum absolute atomic E-state index is 11.0. The first-order valence-corrected chi connectivity index (χ1v) is 12.5. The molecule has 30 heavy (non-hydrogen) atoms. The number of piperidine rings is 1. The van der Waals surface area contributed by atoms with E-state index in [0.29, 0.717) is 24.1 Å². The van der Waals surface area contributed by atoms with Crippen molar-refractivity contribution in [1.29, 1.82) is 0 Å². The van der Waals surface area contributed by atoms with Gasteiger partial charge in [0.15, 0.2) is 0 Å². The Kier molecular flexibility index (Phi) is 8.64. The van der Waals surface area contributed by atoms with Crippen molar-refractivity contribution in [1.82, 2.24) is 10.2 Å². The smallest absolute Gasteiger partial charge is 0.121 e. The van der Waals surface area contributed by atoms with Gasteiger partial charge in [0.2, 0.25) is 0 Å². The van der Waals surface area contributed by atoms with E-state index in [1.54, 1.807) is 11.8 Å². The average molecular weight is 436 g/mol. The molecule has 1 aromatic rings. The Labute approximate surface area is 186 Å². The third-order valence-electron chi connectivity index (χ3n) is 6.60. The minimum absolute atomic E-state index is 0.0206. The number of hydrogen-bond acceptors (Lipinski definition) is 6. The van der Waals surface area contributed by atoms with E-state index in [0.717, 1.165) is 13.0 Å². The van der Waals surface area contributed by atoms with Crippen LogP contribution in [0.3, 0.4) is 0 Å². The highest BCUT2D eigenvalue weighted by Crippen LogP contribution is 2.39. The molecule has 1 aliphatic carbocycles. The summed E-state index contributed by atoms with van der Waals surface area (Å²) in [5.41, 5.74) is 6.20. The van der Waals surface area contributed by atoms with Gasteiger partial charge in [-0.25, -0.2) is 0 Å². The van der Waals surface area contributed by atoms with Crippen LogP contribution in [0.5, 0.6) is 0 Å². The summed E-state index contributed by atoms with van der Waals surface area (Å²) in [5.74, 6) is 2.05. The minimum atomic E-state index is -0.606. The molecular weight excluding hydrogens is 394 g/mol. The fourth-order valence-electron chi connectivity index (χ4n) is 5.01. The molecule has 0 radical (unpaired) electrons. The van der Waals surface area contributed by atoms with Gasteiger partial charge >= 0.3 is 0 Å². The molecule has 1 aromatic carbocycles. The molecular formula is C24H41N3O2S. The van der Waals surface area contributed by atoms with Crippen LogP contribution in [0.4, 0.5) is 0 Å². The van der Waals surface area contributed by atoms with Gasteiger partial charge < -0.3 is 15.9 Å². The van der Waals surface area contributed by atoms with E-state index >= 15 is 0 Å². The van der Waals surface area contributed by atoms with Crippen LogP contribution in [0.1, 0.15) is 52.9 Å². The molecule has 1 unspecified atom stereocenters. The van der Waals surface area contributed by atoms with Crippen molar-refractivity contribution in [3.8, 4) is 0 Å². The zero-order valence-electron chi connectivity index (χ0n) is 18.8. The molecule has 0 aromatic heterocycles. The van der Waals surface area contributed by atoms with Crippen LogP contribution in [0, 0.1) is 11.8 Å². The van der Waals surface area contributed by atoms with E-state index < -0.39 is 12.3 Å². The Morgan fingerprint density at radius 1 is 1.13 bits per heavy atom. The third-order valence-corrected chi connectivity index (χ3v) is 7.75.